The molecule has 0 bridgehead atoms. The van der Waals surface area contributed by atoms with Gasteiger partial charge in [-0.25, -0.2) is 4.39 Å². The van der Waals surface area contributed by atoms with Crippen molar-refractivity contribution in [1.29, 1.82) is 0 Å². The molecule has 0 fully saturated rings. The van der Waals surface area contributed by atoms with E-state index in [9.17, 15) is 4.39 Å². The first-order valence-corrected chi connectivity index (χ1v) is 6.46. The van der Waals surface area contributed by atoms with E-state index in [-0.39, 0.29) is 5.82 Å². The molecular weight excluding hydrogens is 311 g/mol. The fraction of sp³-hybridized carbons (Fsp3) is 0.143. The van der Waals surface area contributed by atoms with Gasteiger partial charge in [-0.15, -0.1) is 0 Å². The highest BCUT2D eigenvalue weighted by molar-refractivity contribution is 9.10. The molecule has 19 heavy (non-hydrogen) atoms. The molecule has 0 unspecified atom stereocenters. The number of hydrogen-bond donors (Lipinski definition) is 2. The van der Waals surface area contributed by atoms with Crippen LogP contribution in [-0.2, 0) is 0 Å². The molecule has 2 rings (SSSR count). The maximum atomic E-state index is 13.4. The number of anilines is 3. The summed E-state index contributed by atoms with van der Waals surface area (Å²) >= 11 is 3.44. The van der Waals surface area contributed by atoms with Crippen LogP contribution < -0.4 is 15.8 Å². The van der Waals surface area contributed by atoms with Gasteiger partial charge in [0.15, 0.2) is 0 Å². The average Bonchev–Trinajstić information content (AvgIpc) is 2.38. The van der Waals surface area contributed by atoms with Crippen LogP contribution in [-0.4, -0.2) is 7.11 Å². The average molecular weight is 325 g/mol. The van der Waals surface area contributed by atoms with E-state index in [0.717, 1.165) is 15.9 Å². The minimum Gasteiger partial charge on any atom is -0.497 e. The van der Waals surface area contributed by atoms with Crippen molar-refractivity contribution in [3.8, 4) is 5.75 Å². The largest absolute Gasteiger partial charge is 0.497 e. The molecule has 0 aromatic heterocycles. The zero-order valence-corrected chi connectivity index (χ0v) is 12.2. The second-order valence-corrected chi connectivity index (χ2v) is 5.01. The number of hydrogen-bond acceptors (Lipinski definition) is 3. The van der Waals surface area contributed by atoms with Gasteiger partial charge in [0.05, 0.1) is 24.2 Å². The lowest BCUT2D eigenvalue weighted by Crippen LogP contribution is -1.99. The van der Waals surface area contributed by atoms with E-state index in [1.807, 2.05) is 18.2 Å². The zero-order valence-electron chi connectivity index (χ0n) is 10.6. The van der Waals surface area contributed by atoms with E-state index in [1.165, 1.54) is 6.07 Å². The van der Waals surface area contributed by atoms with Gasteiger partial charge in [0, 0.05) is 10.5 Å². The monoisotopic (exact) mass is 324 g/mol. The van der Waals surface area contributed by atoms with Crippen molar-refractivity contribution >= 4 is 33.0 Å². The van der Waals surface area contributed by atoms with Crippen LogP contribution in [0, 0.1) is 12.7 Å². The van der Waals surface area contributed by atoms with Gasteiger partial charge < -0.3 is 15.8 Å². The topological polar surface area (TPSA) is 47.3 Å². The van der Waals surface area contributed by atoms with Gasteiger partial charge in [-0.3, -0.25) is 0 Å². The summed E-state index contributed by atoms with van der Waals surface area (Å²) in [7, 11) is 1.60. The Morgan fingerprint density at radius 2 is 1.95 bits per heavy atom. The normalized spacial score (nSPS) is 10.3. The number of methoxy groups -OCH3 is 1. The Bertz CT molecular complexity index is 617. The van der Waals surface area contributed by atoms with Gasteiger partial charge in [0.25, 0.3) is 0 Å². The van der Waals surface area contributed by atoms with Crippen molar-refractivity contribution in [1.82, 2.24) is 0 Å². The van der Waals surface area contributed by atoms with Crippen LogP contribution in [0.5, 0.6) is 5.75 Å². The van der Waals surface area contributed by atoms with E-state index in [2.05, 4.69) is 21.2 Å². The van der Waals surface area contributed by atoms with E-state index >= 15 is 0 Å². The number of nitrogens with two attached hydrogens (primary N) is 1. The second-order valence-electron chi connectivity index (χ2n) is 4.16. The summed E-state index contributed by atoms with van der Waals surface area (Å²) in [5, 5.41) is 3.16. The molecule has 0 radical (unpaired) electrons. The molecule has 0 saturated carbocycles. The van der Waals surface area contributed by atoms with Crippen LogP contribution >= 0.6 is 15.9 Å². The quantitative estimate of drug-likeness (QED) is 0.830. The Labute approximate surface area is 119 Å². The van der Waals surface area contributed by atoms with Crippen molar-refractivity contribution in [2.75, 3.05) is 18.2 Å². The summed E-state index contributed by atoms with van der Waals surface area (Å²) in [5.41, 5.74) is 8.17. The third-order valence-corrected chi connectivity index (χ3v) is 3.47. The van der Waals surface area contributed by atoms with Gasteiger partial charge in [-0.05, 0) is 52.7 Å². The van der Waals surface area contributed by atoms with Crippen LogP contribution in [0.1, 0.15) is 5.56 Å². The Kier molecular flexibility index (Phi) is 3.95. The third-order valence-electron chi connectivity index (χ3n) is 2.77. The molecule has 5 heteroatoms. The second kappa shape index (κ2) is 5.48. The van der Waals surface area contributed by atoms with Crippen LogP contribution in [0.15, 0.2) is 34.8 Å². The third kappa shape index (κ3) is 2.98. The van der Waals surface area contributed by atoms with E-state index < -0.39 is 0 Å². The number of benzene rings is 2. The van der Waals surface area contributed by atoms with E-state index in [1.54, 1.807) is 20.1 Å². The molecule has 0 aliphatic rings. The van der Waals surface area contributed by atoms with Gasteiger partial charge in [-0.2, -0.15) is 0 Å². The molecule has 100 valence electrons. The molecule has 3 N–H and O–H groups in total. The Morgan fingerprint density at radius 1 is 1.21 bits per heavy atom. The maximum absolute atomic E-state index is 13.4. The minimum absolute atomic E-state index is 0.312. The van der Waals surface area contributed by atoms with Gasteiger partial charge in [-0.1, -0.05) is 0 Å². The first kappa shape index (κ1) is 13.7. The summed E-state index contributed by atoms with van der Waals surface area (Å²) in [6.07, 6.45) is 0. The van der Waals surface area contributed by atoms with Crippen LogP contribution in [0.25, 0.3) is 0 Å². The highest BCUT2D eigenvalue weighted by Gasteiger charge is 2.08. The number of aryl methyl sites for hydroxylation is 1. The molecule has 0 saturated heterocycles. The minimum atomic E-state index is -0.312. The lowest BCUT2D eigenvalue weighted by atomic mass is 10.1. The molecule has 0 aliphatic carbocycles. The SMILES string of the molecule is COc1ccc(Br)c(Nc2cc(C)c(F)cc2N)c1. The molecule has 0 atom stereocenters. The molecule has 0 heterocycles. The summed E-state index contributed by atoms with van der Waals surface area (Å²) in [4.78, 5) is 0. The molecule has 0 amide bonds. The predicted molar refractivity (Wildman–Crippen MR) is 79.5 cm³/mol. The van der Waals surface area contributed by atoms with Gasteiger partial charge >= 0.3 is 0 Å². The van der Waals surface area contributed by atoms with Crippen molar-refractivity contribution in [2.45, 2.75) is 6.92 Å². The van der Waals surface area contributed by atoms with E-state index in [4.69, 9.17) is 10.5 Å². The lowest BCUT2D eigenvalue weighted by molar-refractivity contribution is 0.415. The predicted octanol–water partition coefficient (Wildman–Crippen LogP) is 4.23. The lowest BCUT2D eigenvalue weighted by Gasteiger charge is -2.13. The Morgan fingerprint density at radius 3 is 2.63 bits per heavy atom. The molecule has 2 aromatic carbocycles. The number of halogens is 2. The number of nitrogen functional groups attached to an aromatic ring is 1. The van der Waals surface area contributed by atoms with Crippen molar-refractivity contribution in [3.05, 3.63) is 46.2 Å². The highest BCUT2D eigenvalue weighted by atomic mass is 79.9. The summed E-state index contributed by atoms with van der Waals surface area (Å²) < 4.78 is 19.4. The molecule has 0 aliphatic heterocycles. The Hall–Kier alpha value is -1.75. The molecule has 0 spiro atoms. The summed E-state index contributed by atoms with van der Waals surface area (Å²) in [5.74, 6) is 0.413. The van der Waals surface area contributed by atoms with Gasteiger partial charge in [0.1, 0.15) is 11.6 Å². The van der Waals surface area contributed by atoms with Crippen LogP contribution in [0.3, 0.4) is 0 Å². The van der Waals surface area contributed by atoms with E-state index in [0.29, 0.717) is 16.9 Å². The number of nitrogens with one attached hydrogen (secondary N) is 1. The van der Waals surface area contributed by atoms with Crippen LogP contribution in [0.4, 0.5) is 21.5 Å². The maximum Gasteiger partial charge on any atom is 0.128 e. The molecule has 2 aromatic rings. The van der Waals surface area contributed by atoms with Crippen molar-refractivity contribution in [3.63, 3.8) is 0 Å². The highest BCUT2D eigenvalue weighted by Crippen LogP contribution is 2.32. The molecule has 3 nitrogen and oxygen atoms in total. The standard InChI is InChI=1S/C14H14BrFN2O/c1-8-5-14(12(17)7-11(8)16)18-13-6-9(19-2)3-4-10(13)15/h3-7,18H,17H2,1-2H3. The Balaban J connectivity index is 2.38. The van der Waals surface area contributed by atoms with Crippen molar-refractivity contribution < 1.29 is 9.13 Å². The zero-order chi connectivity index (χ0) is 14.0. The summed E-state index contributed by atoms with van der Waals surface area (Å²) in [6, 6.07) is 8.53. The fourth-order valence-electron chi connectivity index (χ4n) is 1.68. The smallest absolute Gasteiger partial charge is 0.128 e. The fourth-order valence-corrected chi connectivity index (χ4v) is 2.02. The van der Waals surface area contributed by atoms with Crippen LogP contribution in [0.2, 0.25) is 0 Å². The van der Waals surface area contributed by atoms with Gasteiger partial charge in [0.2, 0.25) is 0 Å². The first-order valence-electron chi connectivity index (χ1n) is 5.67. The molecular formula is C14H14BrFN2O. The number of rotatable bonds is 3. The number of ether oxygens (including phenoxy) is 1. The van der Waals surface area contributed by atoms with Crippen molar-refractivity contribution in [2.24, 2.45) is 0 Å². The first-order chi connectivity index (χ1) is 9.01. The summed E-state index contributed by atoms with van der Waals surface area (Å²) in [6.45, 7) is 1.70.